The van der Waals surface area contributed by atoms with Gasteiger partial charge in [-0.2, -0.15) is 4.31 Å². The van der Waals surface area contributed by atoms with Gasteiger partial charge in [0.15, 0.2) is 5.11 Å². The van der Waals surface area contributed by atoms with Crippen molar-refractivity contribution in [2.75, 3.05) is 38.6 Å². The fourth-order valence-corrected chi connectivity index (χ4v) is 6.74. The number of methoxy groups -OCH3 is 1. The number of para-hydroxylation sites is 1. The Morgan fingerprint density at radius 1 is 0.786 bits per heavy atom. The summed E-state index contributed by atoms with van der Waals surface area (Å²) in [7, 11) is -2.20. The summed E-state index contributed by atoms with van der Waals surface area (Å²) >= 11 is 5.29. The van der Waals surface area contributed by atoms with Crippen LogP contribution in [-0.2, 0) is 10.0 Å². The second kappa shape index (κ2) is 13.3. The number of carbonyl (C=O) groups is 1. The van der Waals surface area contributed by atoms with E-state index in [-0.39, 0.29) is 16.0 Å². The van der Waals surface area contributed by atoms with Crippen LogP contribution < -0.4 is 15.4 Å². The molecule has 4 aromatic carbocycles. The van der Waals surface area contributed by atoms with Gasteiger partial charge in [0.05, 0.1) is 23.6 Å². The van der Waals surface area contributed by atoms with Gasteiger partial charge >= 0.3 is 0 Å². The van der Waals surface area contributed by atoms with Crippen LogP contribution in [0.2, 0.25) is 0 Å². The van der Waals surface area contributed by atoms with Gasteiger partial charge in [0.1, 0.15) is 5.75 Å². The number of ether oxygens (including phenoxy) is 1. The van der Waals surface area contributed by atoms with Crippen molar-refractivity contribution in [3.8, 4) is 5.75 Å². The minimum Gasteiger partial charge on any atom is -0.496 e. The van der Waals surface area contributed by atoms with Gasteiger partial charge in [-0.25, -0.2) is 8.42 Å². The normalized spacial score (nSPS) is 14.3. The molecule has 42 heavy (non-hydrogen) atoms. The van der Waals surface area contributed by atoms with Crippen molar-refractivity contribution in [2.24, 2.45) is 0 Å². The van der Waals surface area contributed by atoms with Crippen molar-refractivity contribution < 1.29 is 17.9 Å². The van der Waals surface area contributed by atoms with E-state index in [2.05, 4.69) is 39.8 Å². The molecule has 0 unspecified atom stereocenters. The number of anilines is 1. The monoisotopic (exact) mass is 600 g/mol. The van der Waals surface area contributed by atoms with E-state index in [1.807, 2.05) is 36.4 Å². The predicted molar refractivity (Wildman–Crippen MR) is 168 cm³/mol. The van der Waals surface area contributed by atoms with Gasteiger partial charge in [-0.1, -0.05) is 72.8 Å². The molecule has 1 amide bonds. The molecule has 0 radical (unpaired) electrons. The molecular weight excluding hydrogens is 569 g/mol. The van der Waals surface area contributed by atoms with Gasteiger partial charge in [0.2, 0.25) is 10.0 Å². The third kappa shape index (κ3) is 6.69. The summed E-state index contributed by atoms with van der Waals surface area (Å²) in [5.41, 5.74) is 3.27. The molecule has 2 N–H and O–H groups in total. The fraction of sp³-hybridized carbons (Fsp3) is 0.188. The van der Waals surface area contributed by atoms with Gasteiger partial charge in [-0.15, -0.1) is 0 Å². The van der Waals surface area contributed by atoms with Crippen molar-refractivity contribution in [2.45, 2.75) is 10.9 Å². The van der Waals surface area contributed by atoms with Crippen LogP contribution in [-0.4, -0.2) is 61.9 Å². The highest BCUT2D eigenvalue weighted by atomic mass is 32.2. The van der Waals surface area contributed by atoms with Crippen LogP contribution in [0.5, 0.6) is 5.75 Å². The summed E-state index contributed by atoms with van der Waals surface area (Å²) in [6.07, 6.45) is 0. The van der Waals surface area contributed by atoms with Gasteiger partial charge in [-0.05, 0) is 59.7 Å². The summed E-state index contributed by atoms with van der Waals surface area (Å²) in [6.45, 7) is 1.98. The molecule has 0 spiro atoms. The topological polar surface area (TPSA) is 91.0 Å². The van der Waals surface area contributed by atoms with Crippen LogP contribution in [0.4, 0.5) is 5.69 Å². The first-order valence-corrected chi connectivity index (χ1v) is 15.4. The first kappa shape index (κ1) is 29.4. The summed E-state index contributed by atoms with van der Waals surface area (Å²) in [4.78, 5) is 15.1. The molecule has 0 atom stereocenters. The number of hydrogen-bond acceptors (Lipinski definition) is 6. The summed E-state index contributed by atoms with van der Waals surface area (Å²) in [5, 5.41) is 5.64. The van der Waals surface area contributed by atoms with E-state index in [0.717, 1.165) is 0 Å². The van der Waals surface area contributed by atoms with E-state index >= 15 is 0 Å². The molecule has 1 saturated heterocycles. The third-order valence-corrected chi connectivity index (χ3v) is 9.31. The molecule has 216 valence electrons. The highest BCUT2D eigenvalue weighted by Crippen LogP contribution is 2.30. The number of sulfonamides is 1. The van der Waals surface area contributed by atoms with Gasteiger partial charge in [0.25, 0.3) is 5.91 Å². The van der Waals surface area contributed by atoms with E-state index in [1.54, 1.807) is 48.5 Å². The van der Waals surface area contributed by atoms with Gasteiger partial charge in [-0.3, -0.25) is 15.0 Å². The Morgan fingerprint density at radius 2 is 1.33 bits per heavy atom. The molecule has 10 heteroatoms. The lowest BCUT2D eigenvalue weighted by atomic mass is 9.96. The average molecular weight is 601 g/mol. The first-order chi connectivity index (χ1) is 20.4. The van der Waals surface area contributed by atoms with E-state index < -0.39 is 15.9 Å². The number of rotatable bonds is 8. The molecule has 1 heterocycles. The molecule has 0 bridgehead atoms. The lowest BCUT2D eigenvalue weighted by Crippen LogP contribution is -2.49. The number of thiocarbonyl (C=S) groups is 1. The Hall–Kier alpha value is -4.09. The molecule has 1 aliphatic rings. The zero-order valence-electron chi connectivity index (χ0n) is 23.1. The zero-order chi connectivity index (χ0) is 29.5. The second-order valence-electron chi connectivity index (χ2n) is 9.80. The average Bonchev–Trinajstić information content (AvgIpc) is 3.02. The maximum atomic E-state index is 13.5. The van der Waals surface area contributed by atoms with Crippen LogP contribution in [0.15, 0.2) is 114 Å². The molecule has 4 aromatic rings. The van der Waals surface area contributed by atoms with Gasteiger partial charge < -0.3 is 10.1 Å². The van der Waals surface area contributed by atoms with Crippen molar-refractivity contribution in [3.63, 3.8) is 0 Å². The maximum Gasteiger partial charge on any atom is 0.261 e. The minimum absolute atomic E-state index is 0.0509. The molecular formula is C32H32N4O4S2. The Morgan fingerprint density at radius 3 is 1.90 bits per heavy atom. The quantitative estimate of drug-likeness (QED) is 0.278. The largest absolute Gasteiger partial charge is 0.496 e. The summed E-state index contributed by atoms with van der Waals surface area (Å²) in [6, 6.07) is 33.8. The number of benzene rings is 4. The number of amides is 1. The van der Waals surface area contributed by atoms with Crippen LogP contribution in [0.25, 0.3) is 0 Å². The van der Waals surface area contributed by atoms with Gasteiger partial charge in [0, 0.05) is 31.9 Å². The van der Waals surface area contributed by atoms with E-state index in [4.69, 9.17) is 17.0 Å². The Bertz CT molecular complexity index is 1580. The highest BCUT2D eigenvalue weighted by molar-refractivity contribution is 7.89. The Kier molecular flexibility index (Phi) is 9.28. The van der Waals surface area contributed by atoms with E-state index in [1.165, 1.54) is 22.5 Å². The second-order valence-corrected chi connectivity index (χ2v) is 12.1. The molecule has 8 nitrogen and oxygen atoms in total. The van der Waals surface area contributed by atoms with Crippen molar-refractivity contribution in [1.29, 1.82) is 0 Å². The fourth-order valence-electron chi connectivity index (χ4n) is 5.11. The van der Waals surface area contributed by atoms with Crippen molar-refractivity contribution in [1.82, 2.24) is 14.5 Å². The number of hydrogen-bond donors (Lipinski definition) is 2. The standard InChI is InChI=1S/C32H32N4O4S2/c1-40-29-15-9-8-14-28(29)31(37)34-32(41)33-26-16-18-27(19-17-26)42(38,39)36-22-20-35(21-23-36)30(24-10-4-2-5-11-24)25-12-6-3-7-13-25/h2-19,30H,20-23H2,1H3,(H2,33,34,37,41). The maximum absolute atomic E-state index is 13.5. The molecule has 0 aliphatic carbocycles. The number of nitrogens with zero attached hydrogens (tertiary/aromatic N) is 2. The van der Waals surface area contributed by atoms with Crippen LogP contribution in [0.1, 0.15) is 27.5 Å². The molecule has 0 aromatic heterocycles. The highest BCUT2D eigenvalue weighted by Gasteiger charge is 2.32. The van der Waals surface area contributed by atoms with Crippen molar-refractivity contribution in [3.05, 3.63) is 126 Å². The third-order valence-electron chi connectivity index (χ3n) is 7.20. The summed E-state index contributed by atoms with van der Waals surface area (Å²) < 4.78 is 33.8. The molecule has 1 fully saturated rings. The zero-order valence-corrected chi connectivity index (χ0v) is 24.8. The smallest absolute Gasteiger partial charge is 0.261 e. The first-order valence-electron chi connectivity index (χ1n) is 13.6. The molecule has 1 aliphatic heterocycles. The Balaban J connectivity index is 1.21. The Labute approximate surface area is 252 Å². The van der Waals surface area contributed by atoms with Crippen LogP contribution >= 0.6 is 12.2 Å². The van der Waals surface area contributed by atoms with E-state index in [0.29, 0.717) is 43.2 Å². The predicted octanol–water partition coefficient (Wildman–Crippen LogP) is 4.92. The molecule has 5 rings (SSSR count). The number of piperazine rings is 1. The van der Waals surface area contributed by atoms with Crippen molar-refractivity contribution >= 4 is 38.9 Å². The van der Waals surface area contributed by atoms with Crippen LogP contribution in [0, 0.1) is 0 Å². The van der Waals surface area contributed by atoms with E-state index in [9.17, 15) is 13.2 Å². The summed E-state index contributed by atoms with van der Waals surface area (Å²) in [5.74, 6) is 0.0221. The number of carbonyl (C=O) groups excluding carboxylic acids is 1. The van der Waals surface area contributed by atoms with Crippen LogP contribution in [0.3, 0.4) is 0 Å². The minimum atomic E-state index is -3.69. The molecule has 0 saturated carbocycles. The SMILES string of the molecule is COc1ccccc1C(=O)NC(=S)Nc1ccc(S(=O)(=O)N2CCN(C(c3ccccc3)c3ccccc3)CC2)cc1. The lowest BCUT2D eigenvalue weighted by molar-refractivity contribution is 0.0974. The lowest BCUT2D eigenvalue weighted by Gasteiger charge is -2.39. The number of nitrogens with one attached hydrogen (secondary N) is 2.